The summed E-state index contributed by atoms with van der Waals surface area (Å²) in [6.45, 7) is 1.51. The van der Waals surface area contributed by atoms with Crippen molar-refractivity contribution in [2.24, 2.45) is 5.14 Å². The molecule has 0 aliphatic carbocycles. The van der Waals surface area contributed by atoms with Crippen LogP contribution in [0.5, 0.6) is 0 Å². The number of pyridine rings is 1. The zero-order valence-electron chi connectivity index (χ0n) is 9.82. The van der Waals surface area contributed by atoms with Crippen LogP contribution in [0.25, 0.3) is 0 Å². The molecule has 19 heavy (non-hydrogen) atoms. The summed E-state index contributed by atoms with van der Waals surface area (Å²) in [5, 5.41) is 7.73. The highest BCUT2D eigenvalue weighted by molar-refractivity contribution is 7.91. The summed E-state index contributed by atoms with van der Waals surface area (Å²) in [6, 6.07) is 3.08. The lowest BCUT2D eigenvalue weighted by Crippen LogP contribution is -2.11. The molecule has 2 aromatic rings. The highest BCUT2D eigenvalue weighted by atomic mass is 32.2. The van der Waals surface area contributed by atoms with Crippen molar-refractivity contribution < 1.29 is 13.2 Å². The van der Waals surface area contributed by atoms with Crippen molar-refractivity contribution in [3.05, 3.63) is 35.8 Å². The normalized spacial score (nSPS) is 11.3. The summed E-state index contributed by atoms with van der Waals surface area (Å²) in [7, 11) is -3.82. The molecule has 0 aliphatic heterocycles. The maximum absolute atomic E-state index is 11.8. The molecular weight excluding hydrogens is 288 g/mol. The van der Waals surface area contributed by atoms with Crippen molar-refractivity contribution in [2.75, 3.05) is 5.32 Å². The Morgan fingerprint density at radius 3 is 2.53 bits per heavy atom. The number of aryl methyl sites for hydroxylation is 1. The quantitative estimate of drug-likeness (QED) is 0.867. The van der Waals surface area contributed by atoms with Gasteiger partial charge in [-0.3, -0.25) is 15.1 Å². The van der Waals surface area contributed by atoms with E-state index in [0.717, 1.165) is 11.3 Å². The zero-order chi connectivity index (χ0) is 14.0. The molecule has 0 radical (unpaired) electrons. The van der Waals surface area contributed by atoms with E-state index in [1.54, 1.807) is 0 Å². The van der Waals surface area contributed by atoms with E-state index in [9.17, 15) is 13.2 Å². The molecule has 2 heterocycles. The van der Waals surface area contributed by atoms with Crippen LogP contribution >= 0.6 is 11.3 Å². The maximum atomic E-state index is 11.8. The summed E-state index contributed by atoms with van der Waals surface area (Å²) < 4.78 is 22.4. The van der Waals surface area contributed by atoms with Gasteiger partial charge in [-0.05, 0) is 19.1 Å². The number of anilines is 1. The van der Waals surface area contributed by atoms with Gasteiger partial charge < -0.3 is 0 Å². The van der Waals surface area contributed by atoms with E-state index in [2.05, 4.69) is 15.3 Å². The third-order valence-corrected chi connectivity index (χ3v) is 4.80. The second-order valence-electron chi connectivity index (χ2n) is 3.63. The number of carbonyl (C=O) groups is 1. The molecule has 0 spiro atoms. The molecular formula is C10H10N4O3S2. The summed E-state index contributed by atoms with van der Waals surface area (Å²) >= 11 is 0.818. The number of aromatic nitrogens is 2. The fraction of sp³-hybridized carbons (Fsp3) is 0.100. The lowest BCUT2D eigenvalue weighted by Gasteiger charge is -2.00. The monoisotopic (exact) mass is 298 g/mol. The molecule has 0 fully saturated rings. The van der Waals surface area contributed by atoms with Gasteiger partial charge in [0.1, 0.15) is 0 Å². The topological polar surface area (TPSA) is 115 Å². The van der Waals surface area contributed by atoms with Crippen LogP contribution in [0.15, 0.2) is 28.7 Å². The minimum Gasteiger partial charge on any atom is -0.298 e. The summed E-state index contributed by atoms with van der Waals surface area (Å²) in [5.41, 5.74) is 0.664. The van der Waals surface area contributed by atoms with Gasteiger partial charge in [-0.15, -0.1) is 0 Å². The Morgan fingerprint density at radius 2 is 2.00 bits per heavy atom. The van der Waals surface area contributed by atoms with E-state index in [1.165, 1.54) is 31.5 Å². The zero-order valence-corrected chi connectivity index (χ0v) is 11.5. The van der Waals surface area contributed by atoms with Gasteiger partial charge in [0.2, 0.25) is 10.0 Å². The molecule has 0 saturated heterocycles. The Balaban J connectivity index is 2.24. The third kappa shape index (κ3) is 3.13. The van der Waals surface area contributed by atoms with Gasteiger partial charge in [-0.2, -0.15) is 0 Å². The Kier molecular flexibility index (Phi) is 3.60. The number of nitrogens with zero attached hydrogens (tertiary/aromatic N) is 2. The van der Waals surface area contributed by atoms with Gasteiger partial charge in [-0.25, -0.2) is 18.5 Å². The van der Waals surface area contributed by atoms with Crippen LogP contribution in [0, 0.1) is 6.92 Å². The first-order valence-corrected chi connectivity index (χ1v) is 7.46. The van der Waals surface area contributed by atoms with Crippen LogP contribution in [-0.4, -0.2) is 24.3 Å². The van der Waals surface area contributed by atoms with E-state index in [0.29, 0.717) is 5.56 Å². The summed E-state index contributed by atoms with van der Waals surface area (Å²) in [4.78, 5) is 19.6. The van der Waals surface area contributed by atoms with Crippen LogP contribution < -0.4 is 10.5 Å². The first-order valence-electron chi connectivity index (χ1n) is 5.09. The van der Waals surface area contributed by atoms with Crippen molar-refractivity contribution in [2.45, 2.75) is 11.1 Å². The number of amides is 1. The molecule has 100 valence electrons. The Labute approximate surface area is 113 Å². The SMILES string of the molecule is Cc1nc(NC(=O)c2ccncc2)sc1S(N)(=O)=O. The molecule has 0 atom stereocenters. The first kappa shape index (κ1) is 13.6. The average molecular weight is 298 g/mol. The summed E-state index contributed by atoms with van der Waals surface area (Å²) in [5.74, 6) is -0.392. The van der Waals surface area contributed by atoms with Crippen LogP contribution in [-0.2, 0) is 10.0 Å². The van der Waals surface area contributed by atoms with Crippen molar-refractivity contribution in [3.63, 3.8) is 0 Å². The molecule has 0 aliphatic rings. The van der Waals surface area contributed by atoms with E-state index in [4.69, 9.17) is 5.14 Å². The van der Waals surface area contributed by atoms with Gasteiger partial charge in [0.25, 0.3) is 5.91 Å². The number of primary sulfonamides is 1. The predicted molar refractivity (Wildman–Crippen MR) is 70.4 cm³/mol. The highest BCUT2D eigenvalue weighted by Crippen LogP contribution is 2.26. The summed E-state index contributed by atoms with van der Waals surface area (Å²) in [6.07, 6.45) is 2.97. The predicted octanol–water partition coefficient (Wildman–Crippen LogP) is 0.746. The molecule has 1 amide bonds. The molecule has 2 aromatic heterocycles. The number of thiazole rings is 1. The van der Waals surface area contributed by atoms with Crippen molar-refractivity contribution in [1.82, 2.24) is 9.97 Å². The number of hydrogen-bond donors (Lipinski definition) is 2. The number of rotatable bonds is 3. The van der Waals surface area contributed by atoms with E-state index < -0.39 is 15.9 Å². The second kappa shape index (κ2) is 5.03. The molecule has 9 heteroatoms. The second-order valence-corrected chi connectivity index (χ2v) is 6.38. The molecule has 0 aromatic carbocycles. The Hall–Kier alpha value is -1.84. The number of sulfonamides is 1. The van der Waals surface area contributed by atoms with Gasteiger partial charge in [0.05, 0.1) is 5.69 Å². The van der Waals surface area contributed by atoms with Crippen LogP contribution in [0.2, 0.25) is 0 Å². The molecule has 0 unspecified atom stereocenters. The number of nitrogens with one attached hydrogen (secondary N) is 1. The minimum atomic E-state index is -3.82. The molecule has 0 saturated carbocycles. The van der Waals surface area contributed by atoms with Gasteiger partial charge in [-0.1, -0.05) is 11.3 Å². The molecule has 0 bridgehead atoms. The first-order chi connectivity index (χ1) is 8.88. The van der Waals surface area contributed by atoms with Gasteiger partial charge in [0.15, 0.2) is 9.34 Å². The van der Waals surface area contributed by atoms with Crippen molar-refractivity contribution in [1.29, 1.82) is 0 Å². The smallest absolute Gasteiger partial charge is 0.257 e. The van der Waals surface area contributed by atoms with Crippen LogP contribution in [0.1, 0.15) is 16.1 Å². The lowest BCUT2D eigenvalue weighted by molar-refractivity contribution is 0.102. The average Bonchev–Trinajstić information content (AvgIpc) is 2.71. The van der Waals surface area contributed by atoms with E-state index >= 15 is 0 Å². The Morgan fingerprint density at radius 1 is 1.37 bits per heavy atom. The highest BCUT2D eigenvalue weighted by Gasteiger charge is 2.18. The largest absolute Gasteiger partial charge is 0.298 e. The maximum Gasteiger partial charge on any atom is 0.257 e. The van der Waals surface area contributed by atoms with Gasteiger partial charge in [0, 0.05) is 18.0 Å². The number of carbonyl (C=O) groups excluding carboxylic acids is 1. The third-order valence-electron chi connectivity index (χ3n) is 2.18. The van der Waals surface area contributed by atoms with Crippen LogP contribution in [0.4, 0.5) is 5.13 Å². The number of hydrogen-bond acceptors (Lipinski definition) is 6. The number of nitrogens with two attached hydrogens (primary N) is 1. The molecule has 2 rings (SSSR count). The molecule has 7 nitrogen and oxygen atoms in total. The van der Waals surface area contributed by atoms with E-state index in [-0.39, 0.29) is 15.0 Å². The lowest BCUT2D eigenvalue weighted by atomic mass is 10.2. The van der Waals surface area contributed by atoms with Gasteiger partial charge >= 0.3 is 0 Å². The van der Waals surface area contributed by atoms with Crippen molar-refractivity contribution >= 4 is 32.4 Å². The Bertz CT molecular complexity index is 710. The molecule has 3 N–H and O–H groups in total. The van der Waals surface area contributed by atoms with Crippen molar-refractivity contribution in [3.8, 4) is 0 Å². The standard InChI is InChI=1S/C10H10N4O3S2/c1-6-9(19(11,16)17)18-10(13-6)14-8(15)7-2-4-12-5-3-7/h2-5H,1H3,(H2,11,16,17)(H,13,14,15). The van der Waals surface area contributed by atoms with E-state index in [1.807, 2.05) is 0 Å². The fourth-order valence-corrected chi connectivity index (χ4v) is 3.23. The van der Waals surface area contributed by atoms with Crippen LogP contribution in [0.3, 0.4) is 0 Å². The minimum absolute atomic E-state index is 0.0578. The fourth-order valence-electron chi connectivity index (χ4n) is 1.37.